The summed E-state index contributed by atoms with van der Waals surface area (Å²) in [4.78, 5) is 1.19. The van der Waals surface area contributed by atoms with Gasteiger partial charge in [-0.15, -0.1) is 11.3 Å². The second kappa shape index (κ2) is 6.59. The fourth-order valence-corrected chi connectivity index (χ4v) is 2.86. The van der Waals surface area contributed by atoms with Gasteiger partial charge < -0.3 is 15.2 Å². The Bertz CT molecular complexity index is 328. The highest BCUT2D eigenvalue weighted by atomic mass is 79.9. The van der Waals surface area contributed by atoms with E-state index in [-0.39, 0.29) is 12.0 Å². The molecular weight excluding hydrogens is 290 g/mol. The molecule has 1 unspecified atom stereocenters. The Balaban J connectivity index is 2.37. The molecule has 1 aromatic rings. The van der Waals surface area contributed by atoms with Gasteiger partial charge in [-0.05, 0) is 27.9 Å². The quantitative estimate of drug-likeness (QED) is 0.849. The van der Waals surface area contributed by atoms with Crippen LogP contribution in [0.3, 0.4) is 0 Å². The molecule has 0 fully saturated rings. The van der Waals surface area contributed by atoms with Crippen molar-refractivity contribution in [2.75, 3.05) is 13.7 Å². The minimum Gasteiger partial charge on any atom is -0.486 e. The topological polar surface area (TPSA) is 41.5 Å². The van der Waals surface area contributed by atoms with Gasteiger partial charge in [0.25, 0.3) is 0 Å². The molecule has 1 atom stereocenters. The number of aliphatic hydroxyl groups is 1. The molecule has 2 N–H and O–H groups in total. The van der Waals surface area contributed by atoms with Gasteiger partial charge in [0, 0.05) is 18.0 Å². The number of aliphatic hydroxyl groups excluding tert-OH is 1. The second-order valence-electron chi connectivity index (χ2n) is 3.99. The van der Waals surface area contributed by atoms with E-state index >= 15 is 0 Å². The summed E-state index contributed by atoms with van der Waals surface area (Å²) in [5.41, 5.74) is 0. The van der Waals surface area contributed by atoms with Crippen LogP contribution in [0, 0.1) is 5.92 Å². The van der Waals surface area contributed by atoms with Crippen LogP contribution in [0.25, 0.3) is 0 Å². The molecule has 0 radical (unpaired) electrons. The summed E-state index contributed by atoms with van der Waals surface area (Å²) in [7, 11) is 1.66. The third-order valence-corrected chi connectivity index (χ3v) is 4.26. The van der Waals surface area contributed by atoms with Crippen LogP contribution in [0.4, 0.5) is 0 Å². The summed E-state index contributed by atoms with van der Waals surface area (Å²) < 4.78 is 6.17. The summed E-state index contributed by atoms with van der Waals surface area (Å²) in [5, 5.41) is 13.7. The minimum absolute atomic E-state index is 0.287. The largest absolute Gasteiger partial charge is 0.486 e. The van der Waals surface area contributed by atoms with E-state index in [1.165, 1.54) is 4.88 Å². The number of rotatable bonds is 6. The minimum atomic E-state index is -0.287. The van der Waals surface area contributed by atoms with Gasteiger partial charge in [-0.1, -0.05) is 13.8 Å². The summed E-state index contributed by atoms with van der Waals surface area (Å²) in [5.74, 6) is 0.289. The molecule has 0 aliphatic heterocycles. The zero-order valence-electron chi connectivity index (χ0n) is 9.79. The van der Waals surface area contributed by atoms with E-state index in [4.69, 9.17) is 4.74 Å². The van der Waals surface area contributed by atoms with Gasteiger partial charge in [0.15, 0.2) is 5.06 Å². The molecule has 0 aliphatic carbocycles. The molecule has 5 heteroatoms. The smallest absolute Gasteiger partial charge is 0.188 e. The van der Waals surface area contributed by atoms with Crippen LogP contribution in [0.1, 0.15) is 18.7 Å². The van der Waals surface area contributed by atoms with Crippen LogP contribution >= 0.6 is 27.3 Å². The van der Waals surface area contributed by atoms with Crippen molar-refractivity contribution in [3.63, 3.8) is 0 Å². The Labute approximate surface area is 109 Å². The van der Waals surface area contributed by atoms with Crippen molar-refractivity contribution >= 4 is 27.3 Å². The van der Waals surface area contributed by atoms with Gasteiger partial charge in [-0.2, -0.15) is 0 Å². The van der Waals surface area contributed by atoms with Gasteiger partial charge in [-0.3, -0.25) is 0 Å². The number of hydrogen-bond donors (Lipinski definition) is 2. The van der Waals surface area contributed by atoms with Crippen molar-refractivity contribution in [1.29, 1.82) is 0 Å². The molecule has 0 saturated heterocycles. The van der Waals surface area contributed by atoms with E-state index in [0.29, 0.717) is 6.54 Å². The SMILES string of the molecule is COc1sc(CNCC(O)C(C)C)cc1Br. The Hall–Kier alpha value is -0.100. The van der Waals surface area contributed by atoms with Crippen molar-refractivity contribution in [2.24, 2.45) is 5.92 Å². The van der Waals surface area contributed by atoms with E-state index in [1.807, 2.05) is 19.9 Å². The Morgan fingerprint density at radius 3 is 2.75 bits per heavy atom. The molecule has 1 rings (SSSR count). The van der Waals surface area contributed by atoms with Crippen molar-refractivity contribution in [3.05, 3.63) is 15.4 Å². The van der Waals surface area contributed by atoms with Gasteiger partial charge in [0.2, 0.25) is 0 Å². The number of methoxy groups -OCH3 is 1. The highest BCUT2D eigenvalue weighted by molar-refractivity contribution is 9.10. The van der Waals surface area contributed by atoms with Crippen LogP contribution in [0.5, 0.6) is 5.06 Å². The number of thiophene rings is 1. The molecule has 0 aliphatic rings. The number of nitrogens with one attached hydrogen (secondary N) is 1. The first-order valence-corrected chi connectivity index (χ1v) is 6.86. The van der Waals surface area contributed by atoms with E-state index < -0.39 is 0 Å². The Morgan fingerprint density at radius 2 is 2.25 bits per heavy atom. The van der Waals surface area contributed by atoms with Crippen LogP contribution in [-0.4, -0.2) is 24.9 Å². The van der Waals surface area contributed by atoms with Crippen LogP contribution in [0.15, 0.2) is 10.5 Å². The average molecular weight is 308 g/mol. The highest BCUT2D eigenvalue weighted by Crippen LogP contribution is 2.34. The molecule has 0 amide bonds. The van der Waals surface area contributed by atoms with Crippen molar-refractivity contribution in [3.8, 4) is 5.06 Å². The first-order chi connectivity index (χ1) is 7.54. The van der Waals surface area contributed by atoms with Crippen molar-refractivity contribution < 1.29 is 9.84 Å². The van der Waals surface area contributed by atoms with Gasteiger partial charge >= 0.3 is 0 Å². The summed E-state index contributed by atoms with van der Waals surface area (Å²) in [6.45, 7) is 5.40. The fourth-order valence-electron chi connectivity index (χ4n) is 1.20. The third kappa shape index (κ3) is 4.05. The Kier molecular flexibility index (Phi) is 5.75. The molecule has 0 aromatic carbocycles. The fraction of sp³-hybridized carbons (Fsp3) is 0.636. The zero-order valence-corrected chi connectivity index (χ0v) is 12.2. The highest BCUT2D eigenvalue weighted by Gasteiger charge is 2.10. The first kappa shape index (κ1) is 14.0. The van der Waals surface area contributed by atoms with E-state index in [0.717, 1.165) is 16.1 Å². The molecule has 1 heterocycles. The van der Waals surface area contributed by atoms with E-state index in [1.54, 1.807) is 18.4 Å². The van der Waals surface area contributed by atoms with Gasteiger partial charge in [-0.25, -0.2) is 0 Å². The number of ether oxygens (including phenoxy) is 1. The maximum Gasteiger partial charge on any atom is 0.188 e. The third-order valence-electron chi connectivity index (χ3n) is 2.31. The molecule has 1 aromatic heterocycles. The molecule has 0 bridgehead atoms. The predicted octanol–water partition coefficient (Wildman–Crippen LogP) is 2.63. The van der Waals surface area contributed by atoms with Crippen LogP contribution in [-0.2, 0) is 6.54 Å². The number of halogens is 1. The Morgan fingerprint density at radius 1 is 1.56 bits per heavy atom. The summed E-state index contributed by atoms with van der Waals surface area (Å²) in [6, 6.07) is 2.04. The maximum atomic E-state index is 9.62. The summed E-state index contributed by atoms with van der Waals surface area (Å²) in [6.07, 6.45) is -0.287. The van der Waals surface area contributed by atoms with Crippen LogP contribution in [0.2, 0.25) is 0 Å². The zero-order chi connectivity index (χ0) is 12.1. The lowest BCUT2D eigenvalue weighted by Gasteiger charge is -2.14. The van der Waals surface area contributed by atoms with Crippen molar-refractivity contribution in [1.82, 2.24) is 5.32 Å². The molecule has 92 valence electrons. The lowest BCUT2D eigenvalue weighted by molar-refractivity contribution is 0.123. The predicted molar refractivity (Wildman–Crippen MR) is 71.1 cm³/mol. The maximum absolute atomic E-state index is 9.62. The first-order valence-electron chi connectivity index (χ1n) is 5.25. The summed E-state index contributed by atoms with van der Waals surface area (Å²) >= 11 is 5.04. The van der Waals surface area contributed by atoms with E-state index in [2.05, 4.69) is 21.2 Å². The standard InChI is InChI=1S/C11H18BrNO2S/c1-7(2)10(14)6-13-5-8-4-9(12)11(15-3)16-8/h4,7,10,13-14H,5-6H2,1-3H3. The molecule has 3 nitrogen and oxygen atoms in total. The average Bonchev–Trinajstić information content (AvgIpc) is 2.58. The molecule has 0 saturated carbocycles. The van der Waals surface area contributed by atoms with Gasteiger partial charge in [0.1, 0.15) is 0 Å². The normalized spacial score (nSPS) is 13.1. The molecular formula is C11H18BrNO2S. The monoisotopic (exact) mass is 307 g/mol. The van der Waals surface area contributed by atoms with E-state index in [9.17, 15) is 5.11 Å². The van der Waals surface area contributed by atoms with Gasteiger partial charge in [0.05, 0.1) is 17.7 Å². The molecule has 0 spiro atoms. The molecule has 16 heavy (non-hydrogen) atoms. The number of hydrogen-bond acceptors (Lipinski definition) is 4. The second-order valence-corrected chi connectivity index (χ2v) is 5.95. The lowest BCUT2D eigenvalue weighted by atomic mass is 10.1. The lowest BCUT2D eigenvalue weighted by Crippen LogP contribution is -2.29. The van der Waals surface area contributed by atoms with Crippen molar-refractivity contribution in [2.45, 2.75) is 26.5 Å². The van der Waals surface area contributed by atoms with Crippen LogP contribution < -0.4 is 10.1 Å².